The molecule has 18 heavy (non-hydrogen) atoms. The van der Waals surface area contributed by atoms with Crippen molar-refractivity contribution < 1.29 is 14.4 Å². The summed E-state index contributed by atoms with van der Waals surface area (Å²) in [5.74, 6) is -0.184. The second-order valence-electron chi connectivity index (χ2n) is 4.89. The van der Waals surface area contributed by atoms with E-state index in [-0.39, 0.29) is 18.9 Å². The van der Waals surface area contributed by atoms with Crippen LogP contribution in [0.1, 0.15) is 19.5 Å². The van der Waals surface area contributed by atoms with Crippen molar-refractivity contribution in [2.45, 2.75) is 25.9 Å². The van der Waals surface area contributed by atoms with Gasteiger partial charge in [0, 0.05) is 11.9 Å². The Labute approximate surface area is 105 Å². The van der Waals surface area contributed by atoms with Crippen molar-refractivity contribution in [3.05, 3.63) is 30.0 Å². The van der Waals surface area contributed by atoms with Crippen molar-refractivity contribution in [3.8, 4) is 0 Å². The molecule has 0 radical (unpaired) electrons. The Morgan fingerprint density at radius 3 is 2.89 bits per heavy atom. The molecule has 1 heterocycles. The van der Waals surface area contributed by atoms with Gasteiger partial charge < -0.3 is 14.9 Å². The topological polar surface area (TPSA) is 75.4 Å². The van der Waals surface area contributed by atoms with Gasteiger partial charge in [-0.1, -0.05) is 17.3 Å². The minimum absolute atomic E-state index is 0.146. The van der Waals surface area contributed by atoms with Gasteiger partial charge in [0.15, 0.2) is 5.58 Å². The van der Waals surface area contributed by atoms with E-state index in [1.807, 2.05) is 18.2 Å². The van der Waals surface area contributed by atoms with Crippen LogP contribution in [0.5, 0.6) is 0 Å². The maximum absolute atomic E-state index is 11.7. The number of aliphatic hydroxyl groups is 1. The summed E-state index contributed by atoms with van der Waals surface area (Å²) >= 11 is 0. The van der Waals surface area contributed by atoms with E-state index in [0.717, 1.165) is 5.39 Å². The Kier molecular flexibility index (Phi) is 3.34. The number of aromatic nitrogens is 1. The molecule has 0 saturated carbocycles. The van der Waals surface area contributed by atoms with Gasteiger partial charge in [0.2, 0.25) is 5.91 Å². The summed E-state index contributed by atoms with van der Waals surface area (Å²) in [5.41, 5.74) is 0.364. The van der Waals surface area contributed by atoms with Crippen molar-refractivity contribution in [2.75, 3.05) is 6.54 Å². The van der Waals surface area contributed by atoms with E-state index in [4.69, 9.17) is 4.52 Å². The Hall–Kier alpha value is -1.88. The number of amides is 1. The molecule has 5 nitrogen and oxygen atoms in total. The molecular weight excluding hydrogens is 232 g/mol. The quantitative estimate of drug-likeness (QED) is 0.854. The first-order valence-corrected chi connectivity index (χ1v) is 5.78. The predicted octanol–water partition coefficient (Wildman–Crippen LogP) is 1.26. The molecule has 96 valence electrons. The molecule has 0 bridgehead atoms. The molecule has 0 fully saturated rings. The smallest absolute Gasteiger partial charge is 0.226 e. The van der Waals surface area contributed by atoms with Crippen LogP contribution in [0.25, 0.3) is 11.0 Å². The van der Waals surface area contributed by atoms with Crippen LogP contribution < -0.4 is 5.32 Å². The lowest BCUT2D eigenvalue weighted by molar-refractivity contribution is -0.121. The highest BCUT2D eigenvalue weighted by atomic mass is 16.5. The first-order valence-electron chi connectivity index (χ1n) is 5.78. The van der Waals surface area contributed by atoms with Gasteiger partial charge in [-0.15, -0.1) is 0 Å². The summed E-state index contributed by atoms with van der Waals surface area (Å²) in [7, 11) is 0. The molecule has 0 atom stereocenters. The number of nitrogens with zero attached hydrogens (tertiary/aromatic N) is 1. The number of rotatable bonds is 4. The second-order valence-corrected chi connectivity index (χ2v) is 4.89. The van der Waals surface area contributed by atoms with Crippen LogP contribution in [-0.2, 0) is 11.2 Å². The summed E-state index contributed by atoms with van der Waals surface area (Å²) < 4.78 is 5.12. The molecule has 1 aromatic heterocycles. The monoisotopic (exact) mass is 248 g/mol. The normalized spacial score (nSPS) is 11.7. The molecule has 0 aliphatic heterocycles. The second kappa shape index (κ2) is 4.78. The molecule has 0 spiro atoms. The average molecular weight is 248 g/mol. The van der Waals surface area contributed by atoms with Gasteiger partial charge in [0.25, 0.3) is 0 Å². The zero-order chi connectivity index (χ0) is 13.2. The van der Waals surface area contributed by atoms with Crippen LogP contribution in [0.2, 0.25) is 0 Å². The molecule has 0 aliphatic carbocycles. The van der Waals surface area contributed by atoms with Crippen molar-refractivity contribution in [3.63, 3.8) is 0 Å². The minimum atomic E-state index is -0.915. The third-order valence-corrected chi connectivity index (χ3v) is 2.50. The van der Waals surface area contributed by atoms with Crippen LogP contribution in [0.15, 0.2) is 28.8 Å². The fourth-order valence-corrected chi connectivity index (χ4v) is 1.60. The molecule has 2 aromatic rings. The molecule has 2 N–H and O–H groups in total. The maximum atomic E-state index is 11.7. The number of benzene rings is 1. The lowest BCUT2D eigenvalue weighted by Gasteiger charge is -2.17. The third-order valence-electron chi connectivity index (χ3n) is 2.50. The van der Waals surface area contributed by atoms with Crippen molar-refractivity contribution in [1.29, 1.82) is 0 Å². The highest BCUT2D eigenvalue weighted by Gasteiger charge is 2.16. The highest BCUT2D eigenvalue weighted by Crippen LogP contribution is 2.17. The minimum Gasteiger partial charge on any atom is -0.389 e. The van der Waals surface area contributed by atoms with Gasteiger partial charge in [-0.05, 0) is 26.0 Å². The molecule has 0 aliphatic rings. The summed E-state index contributed by atoms with van der Waals surface area (Å²) in [6.07, 6.45) is 0.146. The molecule has 1 aromatic carbocycles. The van der Waals surface area contributed by atoms with Crippen LogP contribution in [0.4, 0.5) is 0 Å². The summed E-state index contributed by atoms with van der Waals surface area (Å²) in [5, 5.41) is 16.9. The van der Waals surface area contributed by atoms with Crippen LogP contribution >= 0.6 is 0 Å². The number of fused-ring (bicyclic) bond motifs is 1. The largest absolute Gasteiger partial charge is 0.389 e. The first-order chi connectivity index (χ1) is 8.46. The molecule has 2 rings (SSSR count). The van der Waals surface area contributed by atoms with E-state index in [2.05, 4.69) is 10.5 Å². The fourth-order valence-electron chi connectivity index (χ4n) is 1.60. The zero-order valence-electron chi connectivity index (χ0n) is 10.4. The Balaban J connectivity index is 2.03. The lowest BCUT2D eigenvalue weighted by Crippen LogP contribution is -2.38. The predicted molar refractivity (Wildman–Crippen MR) is 67.0 cm³/mol. The first kappa shape index (κ1) is 12.6. The number of nitrogens with one attached hydrogen (secondary N) is 1. The summed E-state index contributed by atoms with van der Waals surface area (Å²) in [6.45, 7) is 3.49. The third kappa shape index (κ3) is 3.07. The highest BCUT2D eigenvalue weighted by molar-refractivity contribution is 5.86. The average Bonchev–Trinajstić information content (AvgIpc) is 2.70. The van der Waals surface area contributed by atoms with Gasteiger partial charge in [-0.2, -0.15) is 0 Å². The van der Waals surface area contributed by atoms with Crippen molar-refractivity contribution >= 4 is 16.9 Å². The van der Waals surface area contributed by atoms with Gasteiger partial charge >= 0.3 is 0 Å². The zero-order valence-corrected chi connectivity index (χ0v) is 10.4. The van der Waals surface area contributed by atoms with E-state index in [9.17, 15) is 9.90 Å². The number of carbonyl (C=O) groups excluding carboxylic acids is 1. The van der Waals surface area contributed by atoms with Gasteiger partial charge in [-0.25, -0.2) is 0 Å². The standard InChI is InChI=1S/C13H16N2O3/c1-13(2,17)8-14-12(16)7-10-9-5-3-4-6-11(9)18-15-10/h3-6,17H,7-8H2,1-2H3,(H,14,16). The van der Waals surface area contributed by atoms with Crippen molar-refractivity contribution in [2.24, 2.45) is 0 Å². The van der Waals surface area contributed by atoms with Gasteiger partial charge in [-0.3, -0.25) is 4.79 Å². The Bertz CT molecular complexity index is 555. The van der Waals surface area contributed by atoms with E-state index in [1.165, 1.54) is 0 Å². The molecule has 1 amide bonds. The SMILES string of the molecule is CC(C)(O)CNC(=O)Cc1noc2ccccc12. The van der Waals surface area contributed by atoms with Crippen molar-refractivity contribution in [1.82, 2.24) is 10.5 Å². The Morgan fingerprint density at radius 2 is 2.17 bits per heavy atom. The number of hydrogen-bond donors (Lipinski definition) is 2. The van der Waals surface area contributed by atoms with Crippen LogP contribution in [0, 0.1) is 0 Å². The van der Waals surface area contributed by atoms with E-state index in [0.29, 0.717) is 11.3 Å². The fraction of sp³-hybridized carbons (Fsp3) is 0.385. The van der Waals surface area contributed by atoms with Crippen LogP contribution in [0.3, 0.4) is 0 Å². The Morgan fingerprint density at radius 1 is 1.44 bits per heavy atom. The summed E-state index contributed by atoms with van der Waals surface area (Å²) in [6, 6.07) is 7.40. The molecule has 0 unspecified atom stereocenters. The molecule has 5 heteroatoms. The van der Waals surface area contributed by atoms with E-state index >= 15 is 0 Å². The molecular formula is C13H16N2O3. The lowest BCUT2D eigenvalue weighted by atomic mass is 10.1. The van der Waals surface area contributed by atoms with Crippen LogP contribution in [-0.4, -0.2) is 28.3 Å². The summed E-state index contributed by atoms with van der Waals surface area (Å²) in [4.78, 5) is 11.7. The van der Waals surface area contributed by atoms with E-state index < -0.39 is 5.60 Å². The number of carbonyl (C=O) groups is 1. The van der Waals surface area contributed by atoms with Gasteiger partial charge in [0.05, 0.1) is 12.0 Å². The number of para-hydroxylation sites is 1. The van der Waals surface area contributed by atoms with Gasteiger partial charge in [0.1, 0.15) is 5.69 Å². The number of hydrogen-bond acceptors (Lipinski definition) is 4. The maximum Gasteiger partial charge on any atom is 0.226 e. The molecule has 0 saturated heterocycles. The van der Waals surface area contributed by atoms with E-state index in [1.54, 1.807) is 19.9 Å².